The van der Waals surface area contributed by atoms with Crippen LogP contribution in [0.25, 0.3) is 11.0 Å². The van der Waals surface area contributed by atoms with E-state index in [1.807, 2.05) is 30.3 Å². The van der Waals surface area contributed by atoms with Crippen molar-refractivity contribution in [1.29, 1.82) is 0 Å². The molecule has 3 aromatic carbocycles. The van der Waals surface area contributed by atoms with E-state index in [1.54, 1.807) is 18.9 Å². The van der Waals surface area contributed by atoms with Gasteiger partial charge in [-0.1, -0.05) is 54.2 Å². The Bertz CT molecular complexity index is 1050. The summed E-state index contributed by atoms with van der Waals surface area (Å²) in [7, 11) is 1.66. The van der Waals surface area contributed by atoms with Crippen LogP contribution in [0.15, 0.2) is 84.0 Å². The highest BCUT2D eigenvalue weighted by molar-refractivity contribution is 7.99. The van der Waals surface area contributed by atoms with Crippen molar-refractivity contribution in [3.8, 4) is 11.5 Å². The molecule has 148 valence electrons. The predicted molar refractivity (Wildman–Crippen MR) is 119 cm³/mol. The van der Waals surface area contributed by atoms with Gasteiger partial charge in [0.2, 0.25) is 0 Å². The van der Waals surface area contributed by atoms with Crippen LogP contribution in [0.3, 0.4) is 0 Å². The molecule has 0 saturated heterocycles. The van der Waals surface area contributed by atoms with Gasteiger partial charge in [-0.3, -0.25) is 0 Å². The number of aryl methyl sites for hydroxylation is 2. The zero-order valence-electron chi connectivity index (χ0n) is 16.5. The van der Waals surface area contributed by atoms with E-state index in [0.717, 1.165) is 40.9 Å². The molecule has 0 bridgehead atoms. The molecule has 0 aliphatic heterocycles. The zero-order chi connectivity index (χ0) is 19.9. The van der Waals surface area contributed by atoms with E-state index in [4.69, 9.17) is 14.5 Å². The van der Waals surface area contributed by atoms with Crippen LogP contribution >= 0.6 is 11.8 Å². The molecule has 29 heavy (non-hydrogen) atoms. The molecule has 0 radical (unpaired) electrons. The van der Waals surface area contributed by atoms with Gasteiger partial charge in [-0.05, 0) is 48.4 Å². The number of nitrogens with zero attached hydrogens (tertiary/aromatic N) is 2. The Morgan fingerprint density at radius 2 is 1.59 bits per heavy atom. The van der Waals surface area contributed by atoms with Crippen LogP contribution in [0.5, 0.6) is 11.5 Å². The van der Waals surface area contributed by atoms with Gasteiger partial charge in [0.05, 0.1) is 24.8 Å². The minimum absolute atomic E-state index is 0.624. The molecule has 0 aliphatic rings. The molecule has 4 aromatic rings. The van der Waals surface area contributed by atoms with Crippen molar-refractivity contribution in [2.75, 3.05) is 19.5 Å². The van der Waals surface area contributed by atoms with Gasteiger partial charge in [0.15, 0.2) is 5.16 Å². The quantitative estimate of drug-likeness (QED) is 0.274. The first-order valence-corrected chi connectivity index (χ1v) is 10.7. The molecule has 5 heteroatoms. The Balaban J connectivity index is 1.40. The van der Waals surface area contributed by atoms with Gasteiger partial charge in [0.1, 0.15) is 11.5 Å². The van der Waals surface area contributed by atoms with Gasteiger partial charge in [-0.2, -0.15) is 0 Å². The number of methoxy groups -OCH3 is 1. The lowest BCUT2D eigenvalue weighted by Crippen LogP contribution is -2.05. The number of fused-ring (bicyclic) bond motifs is 1. The number of imidazole rings is 1. The van der Waals surface area contributed by atoms with E-state index >= 15 is 0 Å². The highest BCUT2D eigenvalue weighted by Crippen LogP contribution is 2.25. The Hall–Kier alpha value is -2.92. The molecule has 0 amide bonds. The fourth-order valence-electron chi connectivity index (χ4n) is 3.23. The van der Waals surface area contributed by atoms with Gasteiger partial charge >= 0.3 is 0 Å². The minimum Gasteiger partial charge on any atom is -0.497 e. The standard InChI is InChI=1S/C24H24N2O2S/c1-27-20-11-13-21(14-12-20)28-17-18-29-24-25-22-9-5-6-10-23(22)26(24)16-15-19-7-3-2-4-8-19/h2-14H,15-18H2,1H3. The fourth-order valence-corrected chi connectivity index (χ4v) is 4.09. The highest BCUT2D eigenvalue weighted by atomic mass is 32.2. The van der Waals surface area contributed by atoms with E-state index in [-0.39, 0.29) is 0 Å². The molecule has 0 unspecified atom stereocenters. The van der Waals surface area contributed by atoms with Crippen molar-refractivity contribution >= 4 is 22.8 Å². The van der Waals surface area contributed by atoms with Gasteiger partial charge < -0.3 is 14.0 Å². The number of benzene rings is 3. The summed E-state index contributed by atoms with van der Waals surface area (Å²) in [5.74, 6) is 2.52. The summed E-state index contributed by atoms with van der Waals surface area (Å²) in [4.78, 5) is 4.85. The molecular weight excluding hydrogens is 380 g/mol. The molecular formula is C24H24N2O2S. The first-order chi connectivity index (χ1) is 14.3. The number of hydrogen-bond acceptors (Lipinski definition) is 4. The lowest BCUT2D eigenvalue weighted by atomic mass is 10.1. The van der Waals surface area contributed by atoms with E-state index in [0.29, 0.717) is 6.61 Å². The Kier molecular flexibility index (Phi) is 6.37. The SMILES string of the molecule is COc1ccc(OCCSc2nc3ccccc3n2CCc2ccccc2)cc1. The second kappa shape index (κ2) is 9.52. The maximum Gasteiger partial charge on any atom is 0.169 e. The zero-order valence-corrected chi connectivity index (χ0v) is 17.3. The number of ether oxygens (including phenoxy) is 2. The molecule has 0 atom stereocenters. The van der Waals surface area contributed by atoms with Crippen LogP contribution in [0.1, 0.15) is 5.56 Å². The molecule has 0 fully saturated rings. The number of aromatic nitrogens is 2. The lowest BCUT2D eigenvalue weighted by Gasteiger charge is -2.10. The average Bonchev–Trinajstić information content (AvgIpc) is 3.14. The third-order valence-corrected chi connectivity index (χ3v) is 5.67. The molecule has 4 rings (SSSR count). The summed E-state index contributed by atoms with van der Waals surface area (Å²) in [6.45, 7) is 1.53. The first kappa shape index (κ1) is 19.4. The monoisotopic (exact) mass is 404 g/mol. The number of thioether (sulfide) groups is 1. The van der Waals surface area contributed by atoms with Crippen LogP contribution in [-0.4, -0.2) is 29.0 Å². The van der Waals surface area contributed by atoms with Gasteiger partial charge in [0.25, 0.3) is 0 Å². The van der Waals surface area contributed by atoms with E-state index in [2.05, 4.69) is 53.1 Å². The van der Waals surface area contributed by atoms with Crippen molar-refractivity contribution in [2.24, 2.45) is 0 Å². The van der Waals surface area contributed by atoms with Gasteiger partial charge in [0, 0.05) is 12.3 Å². The fraction of sp³-hybridized carbons (Fsp3) is 0.208. The second-order valence-corrected chi connectivity index (χ2v) is 7.70. The van der Waals surface area contributed by atoms with Crippen LogP contribution in [-0.2, 0) is 13.0 Å². The number of para-hydroxylation sites is 2. The van der Waals surface area contributed by atoms with Crippen molar-refractivity contribution in [3.05, 3.63) is 84.4 Å². The summed E-state index contributed by atoms with van der Waals surface area (Å²) in [6.07, 6.45) is 0.983. The van der Waals surface area contributed by atoms with Gasteiger partial charge in [-0.15, -0.1) is 0 Å². The summed E-state index contributed by atoms with van der Waals surface area (Å²) in [6, 6.07) is 26.6. The van der Waals surface area contributed by atoms with Crippen molar-refractivity contribution < 1.29 is 9.47 Å². The molecule has 0 spiro atoms. The molecule has 0 N–H and O–H groups in total. The molecule has 1 heterocycles. The summed E-state index contributed by atoms with van der Waals surface area (Å²) in [5, 5.41) is 1.04. The Labute approximate surface area is 175 Å². The second-order valence-electron chi connectivity index (χ2n) is 6.64. The molecule has 4 nitrogen and oxygen atoms in total. The van der Waals surface area contributed by atoms with Crippen molar-refractivity contribution in [2.45, 2.75) is 18.1 Å². The Morgan fingerprint density at radius 1 is 0.862 bits per heavy atom. The molecule has 0 saturated carbocycles. The smallest absolute Gasteiger partial charge is 0.169 e. The topological polar surface area (TPSA) is 36.3 Å². The predicted octanol–water partition coefficient (Wildman–Crippen LogP) is 5.46. The summed E-state index contributed by atoms with van der Waals surface area (Å²) < 4.78 is 13.4. The number of hydrogen-bond donors (Lipinski definition) is 0. The summed E-state index contributed by atoms with van der Waals surface area (Å²) in [5.41, 5.74) is 3.56. The third-order valence-electron chi connectivity index (χ3n) is 4.73. The molecule has 1 aromatic heterocycles. The highest BCUT2D eigenvalue weighted by Gasteiger charge is 2.11. The largest absolute Gasteiger partial charge is 0.497 e. The average molecular weight is 405 g/mol. The first-order valence-electron chi connectivity index (χ1n) is 9.72. The van der Waals surface area contributed by atoms with Crippen LogP contribution in [0.4, 0.5) is 0 Å². The van der Waals surface area contributed by atoms with Crippen molar-refractivity contribution in [3.63, 3.8) is 0 Å². The van der Waals surface area contributed by atoms with E-state index in [9.17, 15) is 0 Å². The van der Waals surface area contributed by atoms with Crippen LogP contribution in [0, 0.1) is 0 Å². The van der Waals surface area contributed by atoms with Crippen LogP contribution in [0.2, 0.25) is 0 Å². The maximum atomic E-state index is 5.86. The Morgan fingerprint density at radius 3 is 2.38 bits per heavy atom. The number of rotatable bonds is 9. The normalized spacial score (nSPS) is 10.9. The van der Waals surface area contributed by atoms with Crippen LogP contribution < -0.4 is 9.47 Å². The van der Waals surface area contributed by atoms with Crippen molar-refractivity contribution in [1.82, 2.24) is 9.55 Å². The summed E-state index contributed by atoms with van der Waals surface area (Å²) >= 11 is 1.74. The van der Waals surface area contributed by atoms with Gasteiger partial charge in [-0.25, -0.2) is 4.98 Å². The van der Waals surface area contributed by atoms with E-state index < -0.39 is 0 Å². The van der Waals surface area contributed by atoms with E-state index in [1.165, 1.54) is 11.1 Å². The molecule has 0 aliphatic carbocycles. The maximum absolute atomic E-state index is 5.86. The third kappa shape index (κ3) is 4.93. The lowest BCUT2D eigenvalue weighted by molar-refractivity contribution is 0.342. The minimum atomic E-state index is 0.624.